The molecule has 1 saturated heterocycles. The van der Waals surface area contributed by atoms with E-state index in [1.54, 1.807) is 6.92 Å². The maximum absolute atomic E-state index is 10.6. The highest BCUT2D eigenvalue weighted by atomic mass is 16.5. The van der Waals surface area contributed by atoms with Gasteiger partial charge in [0.25, 0.3) is 0 Å². The summed E-state index contributed by atoms with van der Waals surface area (Å²) < 4.78 is 5.36. The van der Waals surface area contributed by atoms with Crippen LogP contribution < -0.4 is 5.32 Å². The molecule has 1 fully saturated rings. The van der Waals surface area contributed by atoms with Crippen LogP contribution in [-0.4, -0.2) is 35.9 Å². The highest BCUT2D eigenvalue weighted by Gasteiger charge is 2.22. The SMILES string of the molecule is CC1CC(N[C@H](C)C(=O)O)CCO1. The summed E-state index contributed by atoms with van der Waals surface area (Å²) in [6.07, 6.45) is 2.05. The van der Waals surface area contributed by atoms with Gasteiger partial charge >= 0.3 is 5.97 Å². The minimum Gasteiger partial charge on any atom is -0.480 e. The molecule has 4 heteroatoms. The minimum absolute atomic E-state index is 0.243. The first kappa shape index (κ1) is 10.5. The van der Waals surface area contributed by atoms with Crippen molar-refractivity contribution in [2.75, 3.05) is 6.61 Å². The van der Waals surface area contributed by atoms with Crippen molar-refractivity contribution in [3.05, 3.63) is 0 Å². The topological polar surface area (TPSA) is 58.6 Å². The third kappa shape index (κ3) is 3.32. The Hall–Kier alpha value is -0.610. The Bertz CT molecular complexity index is 184. The van der Waals surface area contributed by atoms with Crippen LogP contribution in [0, 0.1) is 0 Å². The van der Waals surface area contributed by atoms with Gasteiger partial charge < -0.3 is 15.2 Å². The van der Waals surface area contributed by atoms with E-state index in [-0.39, 0.29) is 12.1 Å². The van der Waals surface area contributed by atoms with Crippen LogP contribution in [0.15, 0.2) is 0 Å². The summed E-state index contributed by atoms with van der Waals surface area (Å²) in [6, 6.07) is -0.176. The average molecular weight is 187 g/mol. The second-order valence-corrected chi connectivity index (χ2v) is 3.63. The lowest BCUT2D eigenvalue weighted by Gasteiger charge is -2.29. The third-order valence-corrected chi connectivity index (χ3v) is 2.34. The van der Waals surface area contributed by atoms with E-state index in [0.717, 1.165) is 19.4 Å². The monoisotopic (exact) mass is 187 g/mol. The molecule has 1 rings (SSSR count). The molecule has 1 heterocycles. The van der Waals surface area contributed by atoms with Gasteiger partial charge in [-0.2, -0.15) is 0 Å². The van der Waals surface area contributed by atoms with E-state index < -0.39 is 12.0 Å². The fourth-order valence-electron chi connectivity index (χ4n) is 1.57. The van der Waals surface area contributed by atoms with Gasteiger partial charge in [0, 0.05) is 12.6 Å². The van der Waals surface area contributed by atoms with Gasteiger partial charge in [0.15, 0.2) is 0 Å². The Morgan fingerprint density at radius 3 is 2.92 bits per heavy atom. The number of hydrogen-bond donors (Lipinski definition) is 2. The van der Waals surface area contributed by atoms with Gasteiger partial charge in [-0.15, -0.1) is 0 Å². The zero-order valence-electron chi connectivity index (χ0n) is 8.12. The molecule has 0 amide bonds. The Morgan fingerprint density at radius 2 is 2.38 bits per heavy atom. The van der Waals surface area contributed by atoms with Crippen LogP contribution >= 0.6 is 0 Å². The molecule has 2 N–H and O–H groups in total. The predicted molar refractivity (Wildman–Crippen MR) is 48.7 cm³/mol. The second kappa shape index (κ2) is 4.58. The number of carboxylic acids is 1. The van der Waals surface area contributed by atoms with E-state index in [4.69, 9.17) is 9.84 Å². The summed E-state index contributed by atoms with van der Waals surface area (Å²) in [5.41, 5.74) is 0. The van der Waals surface area contributed by atoms with Crippen molar-refractivity contribution in [1.82, 2.24) is 5.32 Å². The van der Waals surface area contributed by atoms with E-state index in [2.05, 4.69) is 5.32 Å². The standard InChI is InChI=1S/C9H17NO3/c1-6-5-8(3-4-13-6)10-7(2)9(11)12/h6-8,10H,3-5H2,1-2H3,(H,11,12)/t6?,7-,8?/m1/s1. The summed E-state index contributed by atoms with van der Waals surface area (Å²) in [4.78, 5) is 10.6. The molecule has 2 unspecified atom stereocenters. The van der Waals surface area contributed by atoms with Crippen LogP contribution in [-0.2, 0) is 9.53 Å². The Labute approximate surface area is 78.3 Å². The summed E-state index contributed by atoms with van der Waals surface area (Å²) in [5, 5.41) is 11.8. The maximum Gasteiger partial charge on any atom is 0.320 e. The molecule has 3 atom stereocenters. The van der Waals surface area contributed by atoms with Crippen molar-refractivity contribution in [2.45, 2.75) is 44.9 Å². The number of nitrogens with one attached hydrogen (secondary N) is 1. The number of carboxylic acid groups (broad SMARTS) is 1. The minimum atomic E-state index is -0.792. The molecule has 0 saturated carbocycles. The molecule has 0 radical (unpaired) electrons. The highest BCUT2D eigenvalue weighted by Crippen LogP contribution is 2.13. The maximum atomic E-state index is 10.6. The lowest BCUT2D eigenvalue weighted by atomic mass is 10.0. The number of rotatable bonds is 3. The Balaban J connectivity index is 2.31. The number of aliphatic carboxylic acids is 1. The van der Waals surface area contributed by atoms with Crippen molar-refractivity contribution >= 4 is 5.97 Å². The first-order valence-corrected chi connectivity index (χ1v) is 4.70. The van der Waals surface area contributed by atoms with Crippen LogP contribution in [0.25, 0.3) is 0 Å². The lowest BCUT2D eigenvalue weighted by molar-refractivity contribution is -0.139. The van der Waals surface area contributed by atoms with E-state index >= 15 is 0 Å². The number of ether oxygens (including phenoxy) is 1. The summed E-state index contributed by atoms with van der Waals surface area (Å²) in [5.74, 6) is -0.792. The molecule has 0 aromatic heterocycles. The zero-order valence-corrected chi connectivity index (χ0v) is 8.12. The molecule has 0 spiro atoms. The molecule has 0 aliphatic carbocycles. The molecular formula is C9H17NO3. The van der Waals surface area contributed by atoms with Gasteiger partial charge in [-0.1, -0.05) is 0 Å². The molecule has 1 aliphatic rings. The normalized spacial score (nSPS) is 31.2. The van der Waals surface area contributed by atoms with Crippen LogP contribution in [0.4, 0.5) is 0 Å². The van der Waals surface area contributed by atoms with E-state index in [0.29, 0.717) is 0 Å². The number of carbonyl (C=O) groups is 1. The van der Waals surface area contributed by atoms with Gasteiger partial charge in [-0.25, -0.2) is 0 Å². The molecule has 0 bridgehead atoms. The Kier molecular flexibility index (Phi) is 3.69. The fraction of sp³-hybridized carbons (Fsp3) is 0.889. The van der Waals surface area contributed by atoms with Gasteiger partial charge in [0.05, 0.1) is 6.10 Å². The van der Waals surface area contributed by atoms with Gasteiger partial charge in [0.1, 0.15) is 6.04 Å². The third-order valence-electron chi connectivity index (χ3n) is 2.34. The quantitative estimate of drug-likeness (QED) is 0.680. The van der Waals surface area contributed by atoms with Crippen LogP contribution in [0.3, 0.4) is 0 Å². The van der Waals surface area contributed by atoms with E-state index in [9.17, 15) is 4.79 Å². The van der Waals surface area contributed by atoms with E-state index in [1.165, 1.54) is 0 Å². The molecule has 0 aromatic carbocycles. The molecular weight excluding hydrogens is 170 g/mol. The fourth-order valence-corrected chi connectivity index (χ4v) is 1.57. The molecule has 0 aromatic rings. The predicted octanol–water partition coefficient (Wildman–Crippen LogP) is 0.617. The number of hydrogen-bond acceptors (Lipinski definition) is 3. The van der Waals surface area contributed by atoms with Crippen molar-refractivity contribution in [3.8, 4) is 0 Å². The average Bonchev–Trinajstić information content (AvgIpc) is 2.04. The molecule has 4 nitrogen and oxygen atoms in total. The van der Waals surface area contributed by atoms with Crippen LogP contribution in [0.1, 0.15) is 26.7 Å². The van der Waals surface area contributed by atoms with Crippen molar-refractivity contribution < 1.29 is 14.6 Å². The zero-order chi connectivity index (χ0) is 9.84. The first-order chi connectivity index (χ1) is 6.09. The summed E-state index contributed by atoms with van der Waals surface area (Å²) >= 11 is 0. The van der Waals surface area contributed by atoms with Crippen molar-refractivity contribution in [1.29, 1.82) is 0 Å². The van der Waals surface area contributed by atoms with E-state index in [1.807, 2.05) is 6.92 Å². The van der Waals surface area contributed by atoms with Crippen molar-refractivity contribution in [3.63, 3.8) is 0 Å². The smallest absolute Gasteiger partial charge is 0.320 e. The first-order valence-electron chi connectivity index (χ1n) is 4.70. The van der Waals surface area contributed by atoms with Gasteiger partial charge in [-0.05, 0) is 26.7 Å². The second-order valence-electron chi connectivity index (χ2n) is 3.63. The lowest BCUT2D eigenvalue weighted by Crippen LogP contribution is -2.45. The molecule has 1 aliphatic heterocycles. The van der Waals surface area contributed by atoms with Crippen LogP contribution in [0.2, 0.25) is 0 Å². The van der Waals surface area contributed by atoms with Gasteiger partial charge in [-0.3, -0.25) is 4.79 Å². The molecule has 13 heavy (non-hydrogen) atoms. The molecule has 76 valence electrons. The largest absolute Gasteiger partial charge is 0.480 e. The summed E-state index contributed by atoms with van der Waals surface area (Å²) in [7, 11) is 0. The highest BCUT2D eigenvalue weighted by molar-refractivity contribution is 5.72. The Morgan fingerprint density at radius 1 is 1.69 bits per heavy atom. The summed E-state index contributed by atoms with van der Waals surface area (Å²) in [6.45, 7) is 4.41. The van der Waals surface area contributed by atoms with Crippen LogP contribution in [0.5, 0.6) is 0 Å². The van der Waals surface area contributed by atoms with Crippen molar-refractivity contribution in [2.24, 2.45) is 0 Å². The van der Waals surface area contributed by atoms with Gasteiger partial charge in [0.2, 0.25) is 0 Å².